The van der Waals surface area contributed by atoms with Crippen molar-refractivity contribution in [2.75, 3.05) is 25.7 Å². The van der Waals surface area contributed by atoms with E-state index in [-0.39, 0.29) is 17.3 Å². The minimum atomic E-state index is -0.906. The molecule has 8 nitrogen and oxygen atoms in total. The lowest BCUT2D eigenvalue weighted by Crippen LogP contribution is -2.29. The predicted octanol–water partition coefficient (Wildman–Crippen LogP) is 5.45. The van der Waals surface area contributed by atoms with Gasteiger partial charge in [0.05, 0.1) is 38.0 Å². The van der Waals surface area contributed by atoms with Crippen molar-refractivity contribution in [3.8, 4) is 11.5 Å². The monoisotopic (exact) mass is 529 g/mol. The van der Waals surface area contributed by atoms with E-state index in [1.807, 2.05) is 39.0 Å². The van der Waals surface area contributed by atoms with Crippen molar-refractivity contribution in [2.24, 2.45) is 5.92 Å². The number of esters is 1. The second kappa shape index (κ2) is 11.4. The van der Waals surface area contributed by atoms with Gasteiger partial charge in [0.15, 0.2) is 11.5 Å². The number of aliphatic hydroxyl groups is 1. The van der Waals surface area contributed by atoms with E-state index < -0.39 is 23.7 Å². The largest absolute Gasteiger partial charge is 0.507 e. The number of nitrogens with zero attached hydrogens (tertiary/aromatic N) is 1. The second-order valence-corrected chi connectivity index (χ2v) is 9.69. The van der Waals surface area contributed by atoms with Crippen LogP contribution in [0.25, 0.3) is 5.76 Å². The standard InChI is InChI=1S/C31H31NO7/c1-18(2)17-39-31(36)20-9-12-23(13-10-20)32-27(21-8-6-7-19(3)15-21)26(29(34)30(32)35)28(33)22-11-14-24(37-4)25(16-22)38-5/h6-16,18,27,33H,17H2,1-5H3/b28-26-. The molecular formula is C31H31NO7. The van der Waals surface area contributed by atoms with Crippen LogP contribution in [0.3, 0.4) is 0 Å². The van der Waals surface area contributed by atoms with Crippen LogP contribution in [0.5, 0.6) is 11.5 Å². The number of methoxy groups -OCH3 is 2. The van der Waals surface area contributed by atoms with Crippen molar-refractivity contribution in [1.29, 1.82) is 0 Å². The van der Waals surface area contributed by atoms with Crippen LogP contribution in [-0.4, -0.2) is 43.6 Å². The summed E-state index contributed by atoms with van der Waals surface area (Å²) in [6, 6.07) is 17.5. The van der Waals surface area contributed by atoms with E-state index in [1.54, 1.807) is 48.5 Å². The number of hydrogen-bond acceptors (Lipinski definition) is 7. The fourth-order valence-electron chi connectivity index (χ4n) is 4.48. The van der Waals surface area contributed by atoms with Gasteiger partial charge >= 0.3 is 5.97 Å². The first-order valence-corrected chi connectivity index (χ1v) is 12.5. The van der Waals surface area contributed by atoms with E-state index in [0.717, 1.165) is 5.56 Å². The fraction of sp³-hybridized carbons (Fsp3) is 0.258. The molecule has 1 saturated heterocycles. The van der Waals surface area contributed by atoms with Gasteiger partial charge in [-0.3, -0.25) is 14.5 Å². The molecule has 1 heterocycles. The predicted molar refractivity (Wildman–Crippen MR) is 147 cm³/mol. The molecule has 8 heteroatoms. The summed E-state index contributed by atoms with van der Waals surface area (Å²) in [5, 5.41) is 11.4. The highest BCUT2D eigenvalue weighted by Crippen LogP contribution is 2.43. The van der Waals surface area contributed by atoms with Crippen molar-refractivity contribution >= 4 is 29.1 Å². The SMILES string of the molecule is COc1ccc(/C(O)=C2/C(=O)C(=O)N(c3ccc(C(=O)OCC(C)C)cc3)C2c2cccc(C)c2)cc1OC. The Labute approximate surface area is 227 Å². The summed E-state index contributed by atoms with van der Waals surface area (Å²) in [5.74, 6) is -1.41. The molecule has 4 rings (SSSR count). The van der Waals surface area contributed by atoms with Crippen molar-refractivity contribution < 1.29 is 33.7 Å². The Morgan fingerprint density at radius 1 is 0.923 bits per heavy atom. The van der Waals surface area contributed by atoms with Crippen LogP contribution < -0.4 is 14.4 Å². The van der Waals surface area contributed by atoms with Crippen molar-refractivity contribution in [2.45, 2.75) is 26.8 Å². The number of aliphatic hydroxyl groups excluding tert-OH is 1. The van der Waals surface area contributed by atoms with Gasteiger partial charge in [-0.15, -0.1) is 0 Å². The number of ketones is 1. The minimum absolute atomic E-state index is 0.0572. The number of Topliss-reactive ketones (excluding diaryl/α,β-unsaturated/α-hetero) is 1. The number of carbonyl (C=O) groups excluding carboxylic acids is 3. The van der Waals surface area contributed by atoms with Crippen LogP contribution in [0.1, 0.15) is 46.9 Å². The van der Waals surface area contributed by atoms with Crippen LogP contribution in [0, 0.1) is 12.8 Å². The van der Waals surface area contributed by atoms with Crippen molar-refractivity contribution in [3.05, 3.63) is 94.6 Å². The molecule has 3 aromatic rings. The van der Waals surface area contributed by atoms with Crippen LogP contribution in [0.15, 0.2) is 72.3 Å². The number of rotatable bonds is 8. The van der Waals surface area contributed by atoms with Gasteiger partial charge in [-0.2, -0.15) is 0 Å². The zero-order valence-corrected chi connectivity index (χ0v) is 22.6. The summed E-state index contributed by atoms with van der Waals surface area (Å²) in [5.41, 5.74) is 2.54. The number of ether oxygens (including phenoxy) is 3. The van der Waals surface area contributed by atoms with Crippen LogP contribution in [-0.2, 0) is 14.3 Å². The third-order valence-electron chi connectivity index (χ3n) is 6.39. The van der Waals surface area contributed by atoms with Gasteiger partial charge in [0.2, 0.25) is 0 Å². The third kappa shape index (κ3) is 5.50. The molecule has 1 fully saturated rings. The van der Waals surface area contributed by atoms with E-state index in [9.17, 15) is 19.5 Å². The molecule has 0 spiro atoms. The Bertz CT molecular complexity index is 1440. The molecule has 1 atom stereocenters. The van der Waals surface area contributed by atoms with Gasteiger partial charge in [0, 0.05) is 11.3 Å². The fourth-order valence-corrected chi connectivity index (χ4v) is 4.48. The molecule has 1 aliphatic heterocycles. The molecular weight excluding hydrogens is 498 g/mol. The molecule has 39 heavy (non-hydrogen) atoms. The number of hydrogen-bond donors (Lipinski definition) is 1. The highest BCUT2D eigenvalue weighted by molar-refractivity contribution is 6.51. The first kappa shape index (κ1) is 27.4. The van der Waals surface area contributed by atoms with Gasteiger partial charge in [0.1, 0.15) is 5.76 Å². The minimum Gasteiger partial charge on any atom is -0.507 e. The number of aryl methyl sites for hydroxylation is 1. The van der Waals surface area contributed by atoms with E-state index >= 15 is 0 Å². The molecule has 1 aliphatic rings. The molecule has 0 aromatic heterocycles. The normalized spacial score (nSPS) is 16.5. The molecule has 202 valence electrons. The molecule has 0 saturated carbocycles. The maximum Gasteiger partial charge on any atom is 0.338 e. The van der Waals surface area contributed by atoms with Gasteiger partial charge in [-0.05, 0) is 60.9 Å². The Morgan fingerprint density at radius 3 is 2.21 bits per heavy atom. The lowest BCUT2D eigenvalue weighted by Gasteiger charge is -2.26. The zero-order valence-electron chi connectivity index (χ0n) is 22.6. The maximum absolute atomic E-state index is 13.4. The molecule has 0 aliphatic carbocycles. The molecule has 0 radical (unpaired) electrons. The Balaban J connectivity index is 1.82. The Hall–Kier alpha value is -4.59. The number of carbonyl (C=O) groups is 3. The highest BCUT2D eigenvalue weighted by atomic mass is 16.5. The Morgan fingerprint density at radius 2 is 1.59 bits per heavy atom. The van der Waals surface area contributed by atoms with Crippen LogP contribution >= 0.6 is 0 Å². The van der Waals surface area contributed by atoms with Gasteiger partial charge in [-0.25, -0.2) is 4.79 Å². The summed E-state index contributed by atoms with van der Waals surface area (Å²) in [6.45, 7) is 6.08. The second-order valence-electron chi connectivity index (χ2n) is 9.69. The average Bonchev–Trinajstić information content (AvgIpc) is 3.20. The van der Waals surface area contributed by atoms with E-state index in [2.05, 4.69) is 0 Å². The van der Waals surface area contributed by atoms with Crippen LogP contribution in [0.4, 0.5) is 5.69 Å². The van der Waals surface area contributed by atoms with Crippen LogP contribution in [0.2, 0.25) is 0 Å². The summed E-state index contributed by atoms with van der Waals surface area (Å²) >= 11 is 0. The highest BCUT2D eigenvalue weighted by Gasteiger charge is 2.47. The van der Waals surface area contributed by atoms with E-state index in [0.29, 0.717) is 40.5 Å². The van der Waals surface area contributed by atoms with E-state index in [4.69, 9.17) is 14.2 Å². The molecule has 1 amide bonds. The summed E-state index contributed by atoms with van der Waals surface area (Å²) in [4.78, 5) is 40.6. The summed E-state index contributed by atoms with van der Waals surface area (Å²) in [7, 11) is 2.96. The molecule has 1 unspecified atom stereocenters. The lowest BCUT2D eigenvalue weighted by atomic mass is 9.94. The van der Waals surface area contributed by atoms with Gasteiger partial charge in [-0.1, -0.05) is 43.7 Å². The summed E-state index contributed by atoms with van der Waals surface area (Å²) < 4.78 is 15.9. The zero-order chi connectivity index (χ0) is 28.3. The average molecular weight is 530 g/mol. The lowest BCUT2D eigenvalue weighted by molar-refractivity contribution is -0.132. The maximum atomic E-state index is 13.4. The van der Waals surface area contributed by atoms with Gasteiger partial charge < -0.3 is 19.3 Å². The quantitative estimate of drug-likeness (QED) is 0.179. The van der Waals surface area contributed by atoms with Gasteiger partial charge in [0.25, 0.3) is 11.7 Å². The topological polar surface area (TPSA) is 102 Å². The smallest absolute Gasteiger partial charge is 0.338 e. The number of amides is 1. The third-order valence-corrected chi connectivity index (χ3v) is 6.39. The van der Waals surface area contributed by atoms with E-state index in [1.165, 1.54) is 19.1 Å². The number of anilines is 1. The molecule has 0 bridgehead atoms. The number of benzene rings is 3. The first-order valence-electron chi connectivity index (χ1n) is 12.5. The molecule has 3 aromatic carbocycles. The summed E-state index contributed by atoms with van der Waals surface area (Å²) in [6.07, 6.45) is 0. The molecule has 1 N–H and O–H groups in total. The van der Waals surface area contributed by atoms with Crippen molar-refractivity contribution in [3.63, 3.8) is 0 Å². The Kier molecular flexibility index (Phi) is 8.04. The first-order chi connectivity index (χ1) is 18.7. The van der Waals surface area contributed by atoms with Crippen molar-refractivity contribution in [1.82, 2.24) is 0 Å².